The lowest BCUT2D eigenvalue weighted by atomic mass is 10.0. The molecule has 1 aliphatic rings. The number of imide groups is 1. The Balaban J connectivity index is 2.39. The van der Waals surface area contributed by atoms with Crippen LogP contribution in [0.15, 0.2) is 0 Å². The highest BCUT2D eigenvalue weighted by molar-refractivity contribution is 5.95. The van der Waals surface area contributed by atoms with Crippen molar-refractivity contribution in [1.29, 1.82) is 0 Å². The second-order valence-electron chi connectivity index (χ2n) is 3.98. The van der Waals surface area contributed by atoms with Gasteiger partial charge in [0.25, 0.3) is 0 Å². The summed E-state index contributed by atoms with van der Waals surface area (Å²) in [7, 11) is 1.48. The van der Waals surface area contributed by atoms with Crippen molar-refractivity contribution in [3.8, 4) is 0 Å². The summed E-state index contributed by atoms with van der Waals surface area (Å²) in [6.07, 6.45) is 3.28. The molecule has 92 valence electrons. The molecule has 0 aromatic heterocycles. The van der Waals surface area contributed by atoms with Crippen LogP contribution in [0.4, 0.5) is 4.79 Å². The van der Waals surface area contributed by atoms with E-state index in [2.05, 4.69) is 10.6 Å². The predicted octanol–water partition coefficient (Wildman–Crippen LogP) is -0.745. The highest BCUT2D eigenvalue weighted by Gasteiger charge is 2.23. The van der Waals surface area contributed by atoms with Crippen LogP contribution in [0.5, 0.6) is 0 Å². The van der Waals surface area contributed by atoms with Crippen molar-refractivity contribution in [2.45, 2.75) is 25.3 Å². The molecule has 0 aromatic carbocycles. The fourth-order valence-corrected chi connectivity index (χ4v) is 1.95. The van der Waals surface area contributed by atoms with Crippen molar-refractivity contribution in [3.63, 3.8) is 0 Å². The van der Waals surface area contributed by atoms with Crippen molar-refractivity contribution in [1.82, 2.24) is 15.5 Å². The van der Waals surface area contributed by atoms with Gasteiger partial charge in [0, 0.05) is 19.6 Å². The third kappa shape index (κ3) is 3.79. The van der Waals surface area contributed by atoms with Crippen LogP contribution in [0.1, 0.15) is 19.3 Å². The number of nitrogens with zero attached hydrogens (tertiary/aromatic N) is 1. The standard InChI is InChI=1S/C10H20N4O2/c1-12-10(16)13-9(15)7-14-5-3-2-4-8(14)6-11/h8H,2-7,11H2,1H3,(H2,12,13,15,16). The molecule has 4 N–H and O–H groups in total. The number of nitrogens with one attached hydrogen (secondary N) is 2. The Kier molecular flexibility index (Phi) is 5.21. The first-order valence-electron chi connectivity index (χ1n) is 5.63. The van der Waals surface area contributed by atoms with Crippen LogP contribution in [-0.4, -0.2) is 49.6 Å². The van der Waals surface area contributed by atoms with Crippen molar-refractivity contribution in [3.05, 3.63) is 0 Å². The minimum Gasteiger partial charge on any atom is -0.341 e. The third-order valence-electron chi connectivity index (χ3n) is 2.85. The summed E-state index contributed by atoms with van der Waals surface area (Å²) in [5.41, 5.74) is 5.64. The van der Waals surface area contributed by atoms with Gasteiger partial charge in [-0.25, -0.2) is 4.79 Å². The number of urea groups is 1. The monoisotopic (exact) mass is 228 g/mol. The van der Waals surface area contributed by atoms with Gasteiger partial charge in [0.1, 0.15) is 0 Å². The van der Waals surface area contributed by atoms with Crippen molar-refractivity contribution in [2.24, 2.45) is 5.73 Å². The molecule has 1 atom stereocenters. The zero-order chi connectivity index (χ0) is 12.0. The summed E-state index contributed by atoms with van der Waals surface area (Å²) in [6, 6.07) is -0.199. The number of amides is 3. The summed E-state index contributed by atoms with van der Waals surface area (Å²) in [6.45, 7) is 1.69. The minimum atomic E-state index is -0.466. The smallest absolute Gasteiger partial charge is 0.321 e. The summed E-state index contributed by atoms with van der Waals surface area (Å²) < 4.78 is 0. The lowest BCUT2D eigenvalue weighted by Crippen LogP contribution is -2.50. The third-order valence-corrected chi connectivity index (χ3v) is 2.85. The van der Waals surface area contributed by atoms with Crippen molar-refractivity contribution >= 4 is 11.9 Å². The molecule has 0 saturated carbocycles. The van der Waals surface area contributed by atoms with E-state index in [0.29, 0.717) is 6.54 Å². The Morgan fingerprint density at radius 2 is 2.19 bits per heavy atom. The summed E-state index contributed by atoms with van der Waals surface area (Å²) >= 11 is 0. The van der Waals surface area contributed by atoms with E-state index in [4.69, 9.17) is 5.73 Å². The summed E-state index contributed by atoms with van der Waals surface area (Å²) in [4.78, 5) is 24.5. The highest BCUT2D eigenvalue weighted by Crippen LogP contribution is 2.15. The molecule has 0 spiro atoms. The second-order valence-corrected chi connectivity index (χ2v) is 3.98. The van der Waals surface area contributed by atoms with Gasteiger partial charge < -0.3 is 11.1 Å². The molecule has 16 heavy (non-hydrogen) atoms. The minimum absolute atomic E-state index is 0.245. The number of likely N-dealkylation sites (tertiary alicyclic amines) is 1. The van der Waals surface area contributed by atoms with Gasteiger partial charge in [-0.2, -0.15) is 0 Å². The predicted molar refractivity (Wildman–Crippen MR) is 60.9 cm³/mol. The molecule has 6 heteroatoms. The van der Waals surface area contributed by atoms with Gasteiger partial charge in [-0.15, -0.1) is 0 Å². The molecule has 3 amide bonds. The second kappa shape index (κ2) is 6.44. The molecule has 0 aliphatic carbocycles. The number of carbonyl (C=O) groups excluding carboxylic acids is 2. The van der Waals surface area contributed by atoms with Crippen LogP contribution >= 0.6 is 0 Å². The van der Waals surface area contributed by atoms with Gasteiger partial charge in [0.2, 0.25) is 5.91 Å². The number of hydrogen-bond donors (Lipinski definition) is 3. The van der Waals surface area contributed by atoms with Gasteiger partial charge in [-0.3, -0.25) is 15.0 Å². The lowest BCUT2D eigenvalue weighted by molar-refractivity contribution is -0.122. The molecule has 1 aliphatic heterocycles. The van der Waals surface area contributed by atoms with Crippen LogP contribution in [-0.2, 0) is 4.79 Å². The molecule has 1 rings (SSSR count). The van der Waals surface area contributed by atoms with E-state index in [1.54, 1.807) is 0 Å². The first kappa shape index (κ1) is 12.9. The molecule has 1 heterocycles. The van der Waals surface area contributed by atoms with Crippen LogP contribution < -0.4 is 16.4 Å². The van der Waals surface area contributed by atoms with E-state index in [9.17, 15) is 9.59 Å². The number of carbonyl (C=O) groups is 2. The van der Waals surface area contributed by atoms with E-state index < -0.39 is 6.03 Å². The van der Waals surface area contributed by atoms with Gasteiger partial charge in [0.05, 0.1) is 6.54 Å². The van der Waals surface area contributed by atoms with Crippen LogP contribution in [0, 0.1) is 0 Å². The number of nitrogens with two attached hydrogens (primary N) is 1. The number of piperidine rings is 1. The maximum absolute atomic E-state index is 11.5. The first-order valence-corrected chi connectivity index (χ1v) is 5.63. The highest BCUT2D eigenvalue weighted by atomic mass is 16.2. The zero-order valence-corrected chi connectivity index (χ0v) is 9.66. The SMILES string of the molecule is CNC(=O)NC(=O)CN1CCCCC1CN. The lowest BCUT2D eigenvalue weighted by Gasteiger charge is -2.34. The van der Waals surface area contributed by atoms with Gasteiger partial charge in [0.15, 0.2) is 0 Å². The average Bonchev–Trinajstić information content (AvgIpc) is 2.29. The molecule has 1 saturated heterocycles. The largest absolute Gasteiger partial charge is 0.341 e. The Hall–Kier alpha value is -1.14. The van der Waals surface area contributed by atoms with Gasteiger partial charge in [-0.1, -0.05) is 6.42 Å². The topological polar surface area (TPSA) is 87.5 Å². The van der Waals surface area contributed by atoms with Gasteiger partial charge in [-0.05, 0) is 19.4 Å². The first-order chi connectivity index (χ1) is 7.67. The molecule has 6 nitrogen and oxygen atoms in total. The molecule has 0 aromatic rings. The van der Waals surface area contributed by atoms with Crippen LogP contribution in [0.2, 0.25) is 0 Å². The maximum atomic E-state index is 11.5. The van der Waals surface area contributed by atoms with E-state index >= 15 is 0 Å². The van der Waals surface area contributed by atoms with Gasteiger partial charge >= 0.3 is 6.03 Å². The van der Waals surface area contributed by atoms with E-state index in [1.807, 2.05) is 4.90 Å². The molecular weight excluding hydrogens is 208 g/mol. The zero-order valence-electron chi connectivity index (χ0n) is 9.66. The molecule has 1 unspecified atom stereocenters. The summed E-state index contributed by atoms with van der Waals surface area (Å²) in [5, 5.41) is 4.59. The summed E-state index contributed by atoms with van der Waals surface area (Å²) in [5.74, 6) is -0.278. The molecular formula is C10H20N4O2. The quantitative estimate of drug-likeness (QED) is 0.593. The Bertz CT molecular complexity index is 257. The van der Waals surface area contributed by atoms with E-state index in [1.165, 1.54) is 7.05 Å². The van der Waals surface area contributed by atoms with Crippen LogP contribution in [0.3, 0.4) is 0 Å². The molecule has 0 radical (unpaired) electrons. The van der Waals surface area contributed by atoms with E-state index in [0.717, 1.165) is 25.8 Å². The Labute approximate surface area is 95.5 Å². The Morgan fingerprint density at radius 1 is 1.44 bits per heavy atom. The maximum Gasteiger partial charge on any atom is 0.321 e. The van der Waals surface area contributed by atoms with Crippen molar-refractivity contribution in [2.75, 3.05) is 26.7 Å². The fraction of sp³-hybridized carbons (Fsp3) is 0.800. The average molecular weight is 228 g/mol. The normalized spacial score (nSPS) is 21.5. The van der Waals surface area contributed by atoms with E-state index in [-0.39, 0.29) is 18.5 Å². The van der Waals surface area contributed by atoms with Crippen LogP contribution in [0.25, 0.3) is 0 Å². The van der Waals surface area contributed by atoms with Crippen molar-refractivity contribution < 1.29 is 9.59 Å². The number of rotatable bonds is 3. The Morgan fingerprint density at radius 3 is 2.81 bits per heavy atom. The molecule has 0 bridgehead atoms. The number of hydrogen-bond acceptors (Lipinski definition) is 4. The fourth-order valence-electron chi connectivity index (χ4n) is 1.95. The molecule has 1 fully saturated rings.